The molecule has 1 atom stereocenters. The minimum Gasteiger partial charge on any atom is -0.481 e. The maximum atomic E-state index is 11.7. The third kappa shape index (κ3) is 2.64. The molecule has 0 bridgehead atoms. The van der Waals surface area contributed by atoms with Crippen molar-refractivity contribution in [1.82, 2.24) is 19.6 Å². The van der Waals surface area contributed by atoms with Crippen molar-refractivity contribution in [1.29, 1.82) is 0 Å². The Morgan fingerprint density at radius 1 is 1.38 bits per heavy atom. The normalized spacial score (nSPS) is 12.4. The number of nitrogens with zero attached hydrogens (tertiary/aromatic N) is 4. The summed E-state index contributed by atoms with van der Waals surface area (Å²) in [6, 6.07) is 7.55. The maximum Gasteiger partial charge on any atom is 0.313 e. The first-order valence-corrected chi connectivity index (χ1v) is 7.06. The summed E-state index contributed by atoms with van der Waals surface area (Å²) in [5, 5.41) is 17.3. The summed E-state index contributed by atoms with van der Waals surface area (Å²) in [5.74, 6) is -1.72. The summed E-state index contributed by atoms with van der Waals surface area (Å²) in [4.78, 5) is 15.9. The van der Waals surface area contributed by atoms with Gasteiger partial charge in [-0.15, -0.1) is 10.2 Å². The van der Waals surface area contributed by atoms with E-state index in [0.29, 0.717) is 17.8 Å². The average molecular weight is 347 g/mol. The first kappa shape index (κ1) is 13.7. The third-order valence-electron chi connectivity index (χ3n) is 3.25. The number of hydrogen-bond acceptors (Lipinski definition) is 4. The van der Waals surface area contributed by atoms with Crippen molar-refractivity contribution in [2.75, 3.05) is 0 Å². The van der Waals surface area contributed by atoms with Gasteiger partial charge in [0.2, 0.25) is 0 Å². The standard InChI is InChI=1S/C14H11BrN4O2/c15-11-4-2-1-3-9(11)7-10(14(20)21)12-13-18-17-8-19(13)6-5-16-12/h1-6,8,10H,7H2,(H,20,21). The van der Waals surface area contributed by atoms with Crippen LogP contribution in [0.2, 0.25) is 0 Å². The Labute approximate surface area is 128 Å². The number of carboxylic acids is 1. The molecular formula is C14H11BrN4O2. The van der Waals surface area contributed by atoms with Crippen LogP contribution in [0, 0.1) is 0 Å². The molecule has 0 saturated heterocycles. The zero-order valence-corrected chi connectivity index (χ0v) is 12.4. The lowest BCUT2D eigenvalue weighted by molar-refractivity contribution is -0.138. The quantitative estimate of drug-likeness (QED) is 0.783. The van der Waals surface area contributed by atoms with Crippen molar-refractivity contribution in [3.63, 3.8) is 0 Å². The molecule has 6 nitrogen and oxygen atoms in total. The van der Waals surface area contributed by atoms with E-state index in [0.717, 1.165) is 10.0 Å². The topological polar surface area (TPSA) is 80.4 Å². The van der Waals surface area contributed by atoms with Gasteiger partial charge in [-0.1, -0.05) is 34.1 Å². The molecule has 0 radical (unpaired) electrons. The number of hydrogen-bond donors (Lipinski definition) is 1. The second kappa shape index (κ2) is 5.61. The van der Waals surface area contributed by atoms with Crippen LogP contribution in [-0.2, 0) is 11.2 Å². The summed E-state index contributed by atoms with van der Waals surface area (Å²) in [6.07, 6.45) is 5.10. The van der Waals surface area contributed by atoms with Crippen molar-refractivity contribution in [2.24, 2.45) is 0 Å². The van der Waals surface area contributed by atoms with Crippen molar-refractivity contribution in [2.45, 2.75) is 12.3 Å². The number of carbonyl (C=O) groups is 1. The molecule has 1 unspecified atom stereocenters. The van der Waals surface area contributed by atoms with Gasteiger partial charge in [0.1, 0.15) is 17.9 Å². The summed E-state index contributed by atoms with van der Waals surface area (Å²) < 4.78 is 2.54. The van der Waals surface area contributed by atoms with Crippen LogP contribution in [0.4, 0.5) is 0 Å². The number of aliphatic carboxylic acids is 1. The number of halogens is 1. The van der Waals surface area contributed by atoms with E-state index in [1.54, 1.807) is 16.8 Å². The zero-order valence-electron chi connectivity index (χ0n) is 10.8. The lowest BCUT2D eigenvalue weighted by Crippen LogP contribution is -2.17. The fraction of sp³-hybridized carbons (Fsp3) is 0.143. The number of rotatable bonds is 4. The molecule has 0 aliphatic rings. The molecule has 106 valence electrons. The predicted octanol–water partition coefficient (Wildman–Crippen LogP) is 2.30. The smallest absolute Gasteiger partial charge is 0.313 e. The zero-order chi connectivity index (χ0) is 14.8. The van der Waals surface area contributed by atoms with Crippen LogP contribution in [0.1, 0.15) is 17.2 Å². The molecule has 2 aromatic heterocycles. The minimum atomic E-state index is -0.936. The highest BCUT2D eigenvalue weighted by molar-refractivity contribution is 9.10. The monoisotopic (exact) mass is 346 g/mol. The lowest BCUT2D eigenvalue weighted by atomic mass is 9.96. The Kier molecular flexibility index (Phi) is 3.66. The van der Waals surface area contributed by atoms with E-state index >= 15 is 0 Å². The van der Waals surface area contributed by atoms with E-state index in [1.165, 1.54) is 6.33 Å². The highest BCUT2D eigenvalue weighted by atomic mass is 79.9. The van der Waals surface area contributed by atoms with Gasteiger partial charge >= 0.3 is 5.97 Å². The number of benzene rings is 1. The Hall–Kier alpha value is -2.28. The molecule has 0 spiro atoms. The Morgan fingerprint density at radius 3 is 2.95 bits per heavy atom. The van der Waals surface area contributed by atoms with Gasteiger partial charge < -0.3 is 5.11 Å². The summed E-state index contributed by atoms with van der Waals surface area (Å²) in [5.41, 5.74) is 1.79. The molecule has 1 aromatic carbocycles. The van der Waals surface area contributed by atoms with Crippen LogP contribution in [0.3, 0.4) is 0 Å². The van der Waals surface area contributed by atoms with Gasteiger partial charge in [-0.25, -0.2) is 0 Å². The average Bonchev–Trinajstić information content (AvgIpc) is 2.94. The number of carboxylic acid groups (broad SMARTS) is 1. The van der Waals surface area contributed by atoms with Crippen LogP contribution in [0.5, 0.6) is 0 Å². The Bertz CT molecular complexity index is 802. The van der Waals surface area contributed by atoms with Gasteiger partial charge in [0.25, 0.3) is 0 Å². The molecule has 3 aromatic rings. The van der Waals surface area contributed by atoms with Crippen LogP contribution in [0.25, 0.3) is 5.65 Å². The van der Waals surface area contributed by atoms with Gasteiger partial charge in [0, 0.05) is 16.9 Å². The second-order valence-electron chi connectivity index (χ2n) is 4.56. The van der Waals surface area contributed by atoms with Crippen molar-refractivity contribution in [3.8, 4) is 0 Å². The predicted molar refractivity (Wildman–Crippen MR) is 79.0 cm³/mol. The molecule has 1 N–H and O–H groups in total. The molecule has 21 heavy (non-hydrogen) atoms. The SMILES string of the molecule is O=C(O)C(Cc1ccccc1Br)c1nccn2cnnc12. The second-order valence-corrected chi connectivity index (χ2v) is 5.41. The first-order chi connectivity index (χ1) is 10.2. The Balaban J connectivity index is 2.05. The van der Waals surface area contributed by atoms with Gasteiger partial charge in [0.05, 0.1) is 0 Å². The molecular weight excluding hydrogens is 336 g/mol. The molecule has 0 saturated carbocycles. The van der Waals surface area contributed by atoms with E-state index in [4.69, 9.17) is 0 Å². The van der Waals surface area contributed by atoms with E-state index in [-0.39, 0.29) is 0 Å². The number of aromatic nitrogens is 4. The minimum absolute atomic E-state index is 0.330. The largest absolute Gasteiger partial charge is 0.481 e. The third-order valence-corrected chi connectivity index (χ3v) is 4.03. The van der Waals surface area contributed by atoms with Crippen molar-refractivity contribution >= 4 is 27.5 Å². The van der Waals surface area contributed by atoms with Gasteiger partial charge in [-0.05, 0) is 18.1 Å². The maximum absolute atomic E-state index is 11.7. The molecule has 3 rings (SSSR count). The van der Waals surface area contributed by atoms with Crippen LogP contribution in [-0.4, -0.2) is 30.7 Å². The fourth-order valence-corrected chi connectivity index (χ4v) is 2.66. The molecule has 2 heterocycles. The summed E-state index contributed by atoms with van der Waals surface area (Å²) >= 11 is 3.44. The van der Waals surface area contributed by atoms with E-state index < -0.39 is 11.9 Å². The molecule has 7 heteroatoms. The fourth-order valence-electron chi connectivity index (χ4n) is 2.21. The lowest BCUT2D eigenvalue weighted by Gasteiger charge is -2.13. The van der Waals surface area contributed by atoms with Crippen molar-refractivity contribution < 1.29 is 9.90 Å². The highest BCUT2D eigenvalue weighted by Crippen LogP contribution is 2.26. The van der Waals surface area contributed by atoms with E-state index in [1.807, 2.05) is 24.3 Å². The highest BCUT2D eigenvalue weighted by Gasteiger charge is 2.26. The van der Waals surface area contributed by atoms with Gasteiger partial charge in [-0.3, -0.25) is 14.2 Å². The Morgan fingerprint density at radius 2 is 2.19 bits per heavy atom. The first-order valence-electron chi connectivity index (χ1n) is 6.27. The van der Waals surface area contributed by atoms with Gasteiger partial charge in [0.15, 0.2) is 5.65 Å². The summed E-state index contributed by atoms with van der Waals surface area (Å²) in [6.45, 7) is 0. The molecule has 0 amide bonds. The molecule has 0 aliphatic carbocycles. The van der Waals surface area contributed by atoms with Crippen molar-refractivity contribution in [3.05, 3.63) is 58.7 Å². The molecule has 0 fully saturated rings. The van der Waals surface area contributed by atoms with Crippen LogP contribution >= 0.6 is 15.9 Å². The van der Waals surface area contributed by atoms with Crippen LogP contribution in [0.15, 0.2) is 47.5 Å². The van der Waals surface area contributed by atoms with E-state index in [9.17, 15) is 9.90 Å². The summed E-state index contributed by atoms with van der Waals surface area (Å²) in [7, 11) is 0. The number of fused-ring (bicyclic) bond motifs is 1. The molecule has 0 aliphatic heterocycles. The van der Waals surface area contributed by atoms with E-state index in [2.05, 4.69) is 31.1 Å². The van der Waals surface area contributed by atoms with Crippen LogP contribution < -0.4 is 0 Å². The van der Waals surface area contributed by atoms with Gasteiger partial charge in [-0.2, -0.15) is 0 Å².